The molecule has 1 aromatic carbocycles. The maximum atomic E-state index is 11.9. The van der Waals surface area contributed by atoms with Crippen LogP contribution >= 0.6 is 0 Å². The number of hydrogen-bond acceptors (Lipinski definition) is 2. The Bertz CT molecular complexity index is 411. The van der Waals surface area contributed by atoms with Gasteiger partial charge in [0.25, 0.3) is 0 Å². The van der Waals surface area contributed by atoms with Gasteiger partial charge in [-0.2, -0.15) is 0 Å². The lowest BCUT2D eigenvalue weighted by molar-refractivity contribution is -0.116. The Kier molecular flexibility index (Phi) is 5.40. The number of nitrogens with one attached hydrogen (secondary N) is 2. The molecule has 2 N–H and O–H groups in total. The molecule has 0 aliphatic heterocycles. The van der Waals surface area contributed by atoms with Gasteiger partial charge in [-0.05, 0) is 30.9 Å². The molecule has 1 amide bonds. The quantitative estimate of drug-likeness (QED) is 0.825. The summed E-state index contributed by atoms with van der Waals surface area (Å²) in [6, 6.07) is 8.64. The molecular weight excluding hydrogens is 236 g/mol. The SMILES string of the molecule is CCc1ccccc1NC(=O)CCNC1CCCC1. The molecule has 0 spiro atoms. The fourth-order valence-corrected chi connectivity index (χ4v) is 2.68. The second-order valence-corrected chi connectivity index (χ2v) is 5.24. The van der Waals surface area contributed by atoms with Gasteiger partial charge in [0.05, 0.1) is 0 Å². The molecule has 1 aliphatic rings. The summed E-state index contributed by atoms with van der Waals surface area (Å²) in [7, 11) is 0. The van der Waals surface area contributed by atoms with E-state index in [-0.39, 0.29) is 5.91 Å². The van der Waals surface area contributed by atoms with Gasteiger partial charge in [-0.3, -0.25) is 4.79 Å². The lowest BCUT2D eigenvalue weighted by Gasteiger charge is -2.12. The van der Waals surface area contributed by atoms with Crippen LogP contribution in [-0.2, 0) is 11.2 Å². The molecule has 1 saturated carbocycles. The Morgan fingerprint density at radius 1 is 1.26 bits per heavy atom. The highest BCUT2D eigenvalue weighted by molar-refractivity contribution is 5.91. The van der Waals surface area contributed by atoms with Crippen molar-refractivity contribution in [3.05, 3.63) is 29.8 Å². The molecule has 0 unspecified atom stereocenters. The summed E-state index contributed by atoms with van der Waals surface area (Å²) in [6.45, 7) is 2.89. The highest BCUT2D eigenvalue weighted by atomic mass is 16.1. The van der Waals surface area contributed by atoms with E-state index in [0.29, 0.717) is 12.5 Å². The second-order valence-electron chi connectivity index (χ2n) is 5.24. The van der Waals surface area contributed by atoms with Crippen LogP contribution in [0.1, 0.15) is 44.6 Å². The number of amides is 1. The predicted molar refractivity (Wildman–Crippen MR) is 79.3 cm³/mol. The number of anilines is 1. The monoisotopic (exact) mass is 260 g/mol. The van der Waals surface area contributed by atoms with Crippen LogP contribution in [0, 0.1) is 0 Å². The third kappa shape index (κ3) is 4.35. The molecule has 0 aromatic heterocycles. The number of para-hydroxylation sites is 1. The summed E-state index contributed by atoms with van der Waals surface area (Å²) in [5.41, 5.74) is 2.15. The Morgan fingerprint density at radius 2 is 2.00 bits per heavy atom. The molecule has 0 heterocycles. The van der Waals surface area contributed by atoms with Gasteiger partial charge >= 0.3 is 0 Å². The van der Waals surface area contributed by atoms with E-state index in [1.165, 1.54) is 31.2 Å². The number of carbonyl (C=O) groups excluding carboxylic acids is 1. The van der Waals surface area contributed by atoms with Crippen LogP contribution in [-0.4, -0.2) is 18.5 Å². The first-order valence-electron chi connectivity index (χ1n) is 7.40. The molecule has 3 nitrogen and oxygen atoms in total. The fourth-order valence-electron chi connectivity index (χ4n) is 2.68. The summed E-state index contributed by atoms with van der Waals surface area (Å²) < 4.78 is 0. The minimum absolute atomic E-state index is 0.103. The zero-order valence-electron chi connectivity index (χ0n) is 11.7. The maximum Gasteiger partial charge on any atom is 0.225 e. The van der Waals surface area contributed by atoms with Crippen LogP contribution in [0.2, 0.25) is 0 Å². The molecule has 0 saturated heterocycles. The Labute approximate surface area is 115 Å². The van der Waals surface area contributed by atoms with Crippen molar-refractivity contribution in [2.24, 2.45) is 0 Å². The fraction of sp³-hybridized carbons (Fsp3) is 0.562. The zero-order chi connectivity index (χ0) is 13.5. The topological polar surface area (TPSA) is 41.1 Å². The standard InChI is InChI=1S/C16H24N2O/c1-2-13-7-3-6-10-15(13)18-16(19)11-12-17-14-8-4-5-9-14/h3,6-7,10,14,17H,2,4-5,8-9,11-12H2,1H3,(H,18,19). The van der Waals surface area contributed by atoms with E-state index in [2.05, 4.69) is 23.6 Å². The molecule has 0 radical (unpaired) electrons. The average Bonchev–Trinajstić information content (AvgIpc) is 2.92. The second kappa shape index (κ2) is 7.29. The van der Waals surface area contributed by atoms with E-state index < -0.39 is 0 Å². The first kappa shape index (κ1) is 14.1. The third-order valence-electron chi connectivity index (χ3n) is 3.81. The molecule has 104 valence electrons. The minimum atomic E-state index is 0.103. The first-order valence-corrected chi connectivity index (χ1v) is 7.40. The summed E-state index contributed by atoms with van der Waals surface area (Å²) in [4.78, 5) is 11.9. The van der Waals surface area contributed by atoms with Crippen molar-refractivity contribution in [3.8, 4) is 0 Å². The van der Waals surface area contributed by atoms with E-state index >= 15 is 0 Å². The van der Waals surface area contributed by atoms with Crippen molar-refractivity contribution in [3.63, 3.8) is 0 Å². The van der Waals surface area contributed by atoms with Crippen molar-refractivity contribution in [2.75, 3.05) is 11.9 Å². The van der Waals surface area contributed by atoms with Crippen molar-refractivity contribution in [1.82, 2.24) is 5.32 Å². The molecule has 2 rings (SSSR count). The van der Waals surface area contributed by atoms with Crippen LogP contribution in [0.25, 0.3) is 0 Å². The van der Waals surface area contributed by atoms with Crippen LogP contribution < -0.4 is 10.6 Å². The normalized spacial score (nSPS) is 15.6. The molecule has 3 heteroatoms. The number of aryl methyl sites for hydroxylation is 1. The molecular formula is C16H24N2O. The van der Waals surface area contributed by atoms with Gasteiger partial charge in [0.1, 0.15) is 0 Å². The molecule has 1 aliphatic carbocycles. The highest BCUT2D eigenvalue weighted by Crippen LogP contribution is 2.18. The highest BCUT2D eigenvalue weighted by Gasteiger charge is 2.14. The third-order valence-corrected chi connectivity index (χ3v) is 3.81. The lowest BCUT2D eigenvalue weighted by Crippen LogP contribution is -2.29. The van der Waals surface area contributed by atoms with Crippen LogP contribution in [0.3, 0.4) is 0 Å². The molecule has 1 fully saturated rings. The van der Waals surface area contributed by atoms with Crippen molar-refractivity contribution in [1.29, 1.82) is 0 Å². The van der Waals surface area contributed by atoms with E-state index in [4.69, 9.17) is 0 Å². The Hall–Kier alpha value is -1.35. The molecule has 0 atom stereocenters. The average molecular weight is 260 g/mol. The van der Waals surface area contributed by atoms with Crippen molar-refractivity contribution < 1.29 is 4.79 Å². The van der Waals surface area contributed by atoms with E-state index in [1.54, 1.807) is 0 Å². The van der Waals surface area contributed by atoms with E-state index in [9.17, 15) is 4.79 Å². The van der Waals surface area contributed by atoms with Gasteiger partial charge in [0, 0.05) is 24.7 Å². The smallest absolute Gasteiger partial charge is 0.225 e. The lowest BCUT2D eigenvalue weighted by atomic mass is 10.1. The Morgan fingerprint density at radius 3 is 2.74 bits per heavy atom. The van der Waals surface area contributed by atoms with Gasteiger partial charge in [0.2, 0.25) is 5.91 Å². The number of hydrogen-bond donors (Lipinski definition) is 2. The molecule has 19 heavy (non-hydrogen) atoms. The van der Waals surface area contributed by atoms with Crippen LogP contribution in [0.5, 0.6) is 0 Å². The van der Waals surface area contributed by atoms with E-state index in [1.807, 2.05) is 18.2 Å². The number of rotatable bonds is 6. The van der Waals surface area contributed by atoms with Gasteiger partial charge in [-0.1, -0.05) is 38.0 Å². The summed E-state index contributed by atoms with van der Waals surface area (Å²) >= 11 is 0. The number of benzene rings is 1. The van der Waals surface area contributed by atoms with E-state index in [0.717, 1.165) is 18.7 Å². The maximum absolute atomic E-state index is 11.9. The van der Waals surface area contributed by atoms with Crippen molar-refractivity contribution in [2.45, 2.75) is 51.5 Å². The summed E-state index contributed by atoms with van der Waals surface area (Å²) in [5, 5.41) is 6.47. The van der Waals surface area contributed by atoms with Crippen LogP contribution in [0.4, 0.5) is 5.69 Å². The Balaban J connectivity index is 1.74. The summed E-state index contributed by atoms with van der Waals surface area (Å²) in [5.74, 6) is 0.103. The number of carbonyl (C=O) groups is 1. The molecule has 1 aromatic rings. The predicted octanol–water partition coefficient (Wildman–Crippen LogP) is 3.11. The summed E-state index contributed by atoms with van der Waals surface area (Å²) in [6.07, 6.45) is 6.67. The largest absolute Gasteiger partial charge is 0.326 e. The van der Waals surface area contributed by atoms with Gasteiger partial charge in [-0.15, -0.1) is 0 Å². The van der Waals surface area contributed by atoms with Gasteiger partial charge in [-0.25, -0.2) is 0 Å². The minimum Gasteiger partial charge on any atom is -0.326 e. The van der Waals surface area contributed by atoms with Crippen LogP contribution in [0.15, 0.2) is 24.3 Å². The first-order chi connectivity index (χ1) is 9.29. The van der Waals surface area contributed by atoms with Gasteiger partial charge < -0.3 is 10.6 Å². The molecule has 0 bridgehead atoms. The van der Waals surface area contributed by atoms with Gasteiger partial charge in [0.15, 0.2) is 0 Å². The van der Waals surface area contributed by atoms with Crippen molar-refractivity contribution >= 4 is 11.6 Å². The zero-order valence-corrected chi connectivity index (χ0v) is 11.7.